The van der Waals surface area contributed by atoms with Crippen LogP contribution in [0.25, 0.3) is 0 Å². The third-order valence-electron chi connectivity index (χ3n) is 1.91. The quantitative estimate of drug-likeness (QED) is 0.475. The first-order valence-electron chi connectivity index (χ1n) is 4.80. The number of hydrogen-bond donors (Lipinski definition) is 2. The van der Waals surface area contributed by atoms with E-state index in [-0.39, 0.29) is 18.1 Å². The molecule has 0 radical (unpaired) electrons. The summed E-state index contributed by atoms with van der Waals surface area (Å²) in [6, 6.07) is 1.40. The highest BCUT2D eigenvalue weighted by atomic mass is 79.9. The minimum absolute atomic E-state index is 0.0571. The Labute approximate surface area is 101 Å². The van der Waals surface area contributed by atoms with E-state index in [9.17, 15) is 10.1 Å². The van der Waals surface area contributed by atoms with E-state index in [0.717, 1.165) is 6.42 Å². The summed E-state index contributed by atoms with van der Waals surface area (Å²) in [5.41, 5.74) is -0.0571. The Hall–Kier alpha value is -1.21. The molecule has 0 bridgehead atoms. The molecule has 1 heterocycles. The molecule has 0 aliphatic carbocycles. The molecule has 0 atom stereocenters. The van der Waals surface area contributed by atoms with E-state index in [2.05, 4.69) is 26.2 Å². The highest BCUT2D eigenvalue weighted by Crippen LogP contribution is 2.25. The fourth-order valence-electron chi connectivity index (χ4n) is 1.15. The van der Waals surface area contributed by atoms with Gasteiger partial charge in [0.15, 0.2) is 0 Å². The van der Waals surface area contributed by atoms with Crippen LogP contribution in [0, 0.1) is 10.1 Å². The summed E-state index contributed by atoms with van der Waals surface area (Å²) in [5.74, 6) is 0.256. The molecule has 0 amide bonds. The predicted octanol–water partition coefficient (Wildman–Crippen LogP) is 1.94. The molecule has 0 fully saturated rings. The van der Waals surface area contributed by atoms with Crippen LogP contribution in [0.4, 0.5) is 11.5 Å². The third kappa shape index (κ3) is 3.74. The van der Waals surface area contributed by atoms with Gasteiger partial charge < -0.3 is 10.4 Å². The number of aromatic nitrogens is 1. The van der Waals surface area contributed by atoms with Gasteiger partial charge >= 0.3 is 5.69 Å². The molecule has 88 valence electrons. The van der Waals surface area contributed by atoms with Gasteiger partial charge in [0.25, 0.3) is 0 Å². The van der Waals surface area contributed by atoms with Crippen LogP contribution in [0.1, 0.15) is 12.8 Å². The monoisotopic (exact) mass is 289 g/mol. The van der Waals surface area contributed by atoms with Gasteiger partial charge in [-0.1, -0.05) is 0 Å². The van der Waals surface area contributed by atoms with Crippen molar-refractivity contribution in [3.63, 3.8) is 0 Å². The molecule has 0 aromatic carbocycles. The molecule has 2 N–H and O–H groups in total. The Kier molecular flexibility index (Phi) is 5.13. The summed E-state index contributed by atoms with van der Waals surface area (Å²) in [6.07, 6.45) is 2.91. The molecule has 1 aromatic rings. The Morgan fingerprint density at radius 3 is 2.94 bits per heavy atom. The van der Waals surface area contributed by atoms with Crippen LogP contribution in [0.15, 0.2) is 16.7 Å². The lowest BCUT2D eigenvalue weighted by atomic mass is 10.3. The first kappa shape index (κ1) is 12.9. The van der Waals surface area contributed by atoms with Gasteiger partial charge in [-0.2, -0.15) is 0 Å². The van der Waals surface area contributed by atoms with E-state index in [1.807, 2.05) is 0 Å². The first-order chi connectivity index (χ1) is 7.65. The van der Waals surface area contributed by atoms with Crippen molar-refractivity contribution in [1.82, 2.24) is 4.98 Å². The smallest absolute Gasteiger partial charge is 0.312 e. The van der Waals surface area contributed by atoms with Crippen LogP contribution in [-0.2, 0) is 0 Å². The fraction of sp³-hybridized carbons (Fsp3) is 0.444. The molecule has 7 heteroatoms. The molecule has 0 saturated carbocycles. The zero-order valence-corrected chi connectivity index (χ0v) is 10.1. The van der Waals surface area contributed by atoms with Crippen LogP contribution in [0.3, 0.4) is 0 Å². The molecule has 0 unspecified atom stereocenters. The summed E-state index contributed by atoms with van der Waals surface area (Å²) in [6.45, 7) is 0.674. The predicted molar refractivity (Wildman–Crippen MR) is 63.4 cm³/mol. The van der Waals surface area contributed by atoms with Gasteiger partial charge in [-0.25, -0.2) is 4.98 Å². The van der Waals surface area contributed by atoms with Crippen LogP contribution < -0.4 is 5.32 Å². The van der Waals surface area contributed by atoms with E-state index in [1.54, 1.807) is 0 Å². The molecular formula is C9H12BrN3O3. The minimum atomic E-state index is -0.480. The van der Waals surface area contributed by atoms with Crippen molar-refractivity contribution >= 4 is 27.4 Å². The molecule has 0 aliphatic heterocycles. The summed E-state index contributed by atoms with van der Waals surface area (Å²) < 4.78 is 0.570. The summed E-state index contributed by atoms with van der Waals surface area (Å²) >= 11 is 3.13. The Bertz CT molecular complexity index is 373. The highest BCUT2D eigenvalue weighted by molar-refractivity contribution is 9.10. The van der Waals surface area contributed by atoms with Gasteiger partial charge in [-0.05, 0) is 28.8 Å². The topological polar surface area (TPSA) is 88.3 Å². The molecule has 1 aromatic heterocycles. The minimum Gasteiger partial charge on any atom is -0.396 e. The van der Waals surface area contributed by atoms with Crippen molar-refractivity contribution in [3.05, 3.63) is 26.9 Å². The molecule has 0 aliphatic rings. The second kappa shape index (κ2) is 6.39. The Morgan fingerprint density at radius 2 is 2.31 bits per heavy atom. The Balaban J connectivity index is 2.67. The maximum atomic E-state index is 10.7. The van der Waals surface area contributed by atoms with Crippen molar-refractivity contribution in [2.45, 2.75) is 12.8 Å². The van der Waals surface area contributed by atoms with Crippen molar-refractivity contribution in [2.24, 2.45) is 0 Å². The number of aliphatic hydroxyl groups excluding tert-OH is 1. The first-order valence-corrected chi connectivity index (χ1v) is 5.59. The summed E-state index contributed by atoms with van der Waals surface area (Å²) in [5, 5.41) is 22.2. The number of rotatable bonds is 6. The molecule has 1 rings (SSSR count). The SMILES string of the molecule is O=[N+]([O-])c1cc(Br)cnc1NCCCCO. The van der Waals surface area contributed by atoms with Gasteiger partial charge in [0.1, 0.15) is 0 Å². The Morgan fingerprint density at radius 1 is 1.56 bits per heavy atom. The molecular weight excluding hydrogens is 278 g/mol. The molecule has 0 saturated heterocycles. The zero-order chi connectivity index (χ0) is 12.0. The van der Waals surface area contributed by atoms with Crippen molar-refractivity contribution in [2.75, 3.05) is 18.5 Å². The van der Waals surface area contributed by atoms with Gasteiger partial charge in [0, 0.05) is 29.9 Å². The third-order valence-corrected chi connectivity index (χ3v) is 2.34. The van der Waals surface area contributed by atoms with Crippen molar-refractivity contribution in [3.8, 4) is 0 Å². The van der Waals surface area contributed by atoms with Crippen LogP contribution >= 0.6 is 15.9 Å². The molecule has 6 nitrogen and oxygen atoms in total. The van der Waals surface area contributed by atoms with E-state index in [4.69, 9.17) is 5.11 Å². The number of nitrogens with one attached hydrogen (secondary N) is 1. The lowest BCUT2D eigenvalue weighted by Crippen LogP contribution is -2.06. The fourth-order valence-corrected chi connectivity index (χ4v) is 1.47. The van der Waals surface area contributed by atoms with Crippen molar-refractivity contribution in [1.29, 1.82) is 0 Å². The number of unbranched alkanes of at least 4 members (excludes halogenated alkanes) is 1. The lowest BCUT2D eigenvalue weighted by molar-refractivity contribution is -0.384. The van der Waals surface area contributed by atoms with Gasteiger partial charge in [0.2, 0.25) is 5.82 Å². The summed E-state index contributed by atoms with van der Waals surface area (Å²) in [4.78, 5) is 14.2. The molecule has 0 spiro atoms. The number of halogens is 1. The lowest BCUT2D eigenvalue weighted by Gasteiger charge is -2.05. The van der Waals surface area contributed by atoms with Gasteiger partial charge in [0.05, 0.1) is 4.92 Å². The second-order valence-corrected chi connectivity index (χ2v) is 4.05. The second-order valence-electron chi connectivity index (χ2n) is 3.14. The maximum Gasteiger partial charge on any atom is 0.312 e. The average Bonchev–Trinajstić information content (AvgIpc) is 2.26. The van der Waals surface area contributed by atoms with Gasteiger partial charge in [-0.15, -0.1) is 0 Å². The number of hydrogen-bond acceptors (Lipinski definition) is 5. The van der Waals surface area contributed by atoms with Crippen LogP contribution in [-0.4, -0.2) is 28.2 Å². The number of anilines is 1. The highest BCUT2D eigenvalue weighted by Gasteiger charge is 2.14. The van der Waals surface area contributed by atoms with Crippen LogP contribution in [0.5, 0.6) is 0 Å². The van der Waals surface area contributed by atoms with E-state index in [0.29, 0.717) is 17.4 Å². The number of nitro groups is 1. The number of aliphatic hydroxyl groups is 1. The number of pyridine rings is 1. The van der Waals surface area contributed by atoms with E-state index in [1.165, 1.54) is 12.3 Å². The van der Waals surface area contributed by atoms with Crippen LogP contribution in [0.2, 0.25) is 0 Å². The van der Waals surface area contributed by atoms with Gasteiger partial charge in [-0.3, -0.25) is 10.1 Å². The normalized spacial score (nSPS) is 10.1. The van der Waals surface area contributed by atoms with E-state index < -0.39 is 4.92 Å². The molecule has 16 heavy (non-hydrogen) atoms. The standard InChI is InChI=1S/C9H12BrN3O3/c10-7-5-8(13(15)16)9(12-6-7)11-3-1-2-4-14/h5-6,14H,1-4H2,(H,11,12). The van der Waals surface area contributed by atoms with Crippen molar-refractivity contribution < 1.29 is 10.0 Å². The maximum absolute atomic E-state index is 10.7. The zero-order valence-electron chi connectivity index (χ0n) is 8.52. The summed E-state index contributed by atoms with van der Waals surface area (Å²) in [7, 11) is 0. The largest absolute Gasteiger partial charge is 0.396 e. The van der Waals surface area contributed by atoms with E-state index >= 15 is 0 Å². The average molecular weight is 290 g/mol. The number of nitrogens with zero attached hydrogens (tertiary/aromatic N) is 2.